The van der Waals surface area contributed by atoms with Crippen molar-refractivity contribution in [2.24, 2.45) is 0 Å². The third-order valence-electron chi connectivity index (χ3n) is 12.7. The van der Waals surface area contributed by atoms with Gasteiger partial charge in [-0.15, -0.1) is 0 Å². The Morgan fingerprint density at radius 3 is 1.58 bits per heavy atom. The number of aryl methyl sites for hydroxylation is 5. The van der Waals surface area contributed by atoms with Crippen LogP contribution in [0, 0.1) is 34.6 Å². The summed E-state index contributed by atoms with van der Waals surface area (Å²) in [6.45, 7) is 18.0. The minimum Gasteiger partial charge on any atom is -0.334 e. The van der Waals surface area contributed by atoms with Gasteiger partial charge in [0.25, 0.3) is 0 Å². The lowest BCUT2D eigenvalue weighted by atomic mass is 9.77. The van der Waals surface area contributed by atoms with Gasteiger partial charge in [-0.25, -0.2) is 0 Å². The molecule has 2 nitrogen and oxygen atoms in total. The molecule has 0 radical (unpaired) electrons. The van der Waals surface area contributed by atoms with Crippen LogP contribution >= 0.6 is 0 Å². The molecule has 2 heteroatoms. The van der Waals surface area contributed by atoms with E-state index < -0.39 is 0 Å². The van der Waals surface area contributed by atoms with E-state index in [1.807, 2.05) is 0 Å². The fraction of sp³-hybridized carbons (Fsp3) is 0.193. The van der Waals surface area contributed by atoms with Crippen molar-refractivity contribution < 1.29 is 0 Å². The van der Waals surface area contributed by atoms with Crippen molar-refractivity contribution in [1.82, 2.24) is 0 Å². The highest BCUT2D eigenvalue weighted by molar-refractivity contribution is 5.94. The predicted molar refractivity (Wildman–Crippen MR) is 253 cm³/mol. The van der Waals surface area contributed by atoms with Crippen molar-refractivity contribution in [3.63, 3.8) is 0 Å². The predicted octanol–water partition coefficient (Wildman–Crippen LogP) is 15.8. The molecule has 0 amide bonds. The second-order valence-corrected chi connectivity index (χ2v) is 17.4. The van der Waals surface area contributed by atoms with Crippen LogP contribution in [0.3, 0.4) is 0 Å². The van der Waals surface area contributed by atoms with Crippen LogP contribution < -0.4 is 9.80 Å². The molecule has 0 saturated carbocycles. The average molecular weight is 767 g/mol. The topological polar surface area (TPSA) is 6.48 Å². The first-order chi connectivity index (χ1) is 28.5. The highest BCUT2D eigenvalue weighted by atomic mass is 15.2. The van der Waals surface area contributed by atoms with Crippen molar-refractivity contribution in [1.29, 1.82) is 0 Å². The van der Waals surface area contributed by atoms with Gasteiger partial charge in [0.05, 0.1) is 6.04 Å². The second kappa shape index (κ2) is 15.1. The summed E-state index contributed by atoms with van der Waals surface area (Å²) in [5.41, 5.74) is 23.7. The summed E-state index contributed by atoms with van der Waals surface area (Å²) in [5, 5.41) is 0. The molecule has 0 aliphatic heterocycles. The monoisotopic (exact) mass is 766 g/mol. The van der Waals surface area contributed by atoms with Crippen molar-refractivity contribution in [3.05, 3.63) is 208 Å². The number of rotatable bonds is 8. The van der Waals surface area contributed by atoms with Crippen LogP contribution in [-0.4, -0.2) is 6.04 Å². The Balaban J connectivity index is 1.25. The maximum absolute atomic E-state index is 2.52. The van der Waals surface area contributed by atoms with Crippen molar-refractivity contribution in [2.45, 2.75) is 73.3 Å². The van der Waals surface area contributed by atoms with E-state index in [2.05, 4.69) is 229 Å². The number of benzene rings is 7. The molecule has 59 heavy (non-hydrogen) atoms. The largest absolute Gasteiger partial charge is 0.334 e. The van der Waals surface area contributed by atoms with Gasteiger partial charge in [0.1, 0.15) is 0 Å². The Morgan fingerprint density at radius 2 is 0.983 bits per heavy atom. The summed E-state index contributed by atoms with van der Waals surface area (Å²) >= 11 is 0. The van der Waals surface area contributed by atoms with Crippen molar-refractivity contribution in [2.75, 3.05) is 9.80 Å². The van der Waals surface area contributed by atoms with E-state index in [-0.39, 0.29) is 11.5 Å². The van der Waals surface area contributed by atoms with E-state index in [1.54, 1.807) is 0 Å². The normalized spacial score (nSPS) is 15.1. The van der Waals surface area contributed by atoms with Crippen LogP contribution in [0.5, 0.6) is 0 Å². The number of anilines is 5. The summed E-state index contributed by atoms with van der Waals surface area (Å²) in [4.78, 5) is 4.92. The van der Waals surface area contributed by atoms with Gasteiger partial charge in [-0.05, 0) is 176 Å². The Bertz CT molecular complexity index is 2720. The number of nitrogens with zero attached hydrogens (tertiary/aromatic N) is 2. The third-order valence-corrected chi connectivity index (χ3v) is 12.7. The van der Waals surface area contributed by atoms with Crippen LogP contribution in [0.15, 0.2) is 169 Å². The minimum absolute atomic E-state index is 0.187. The smallest absolute Gasteiger partial charge is 0.0560 e. The van der Waals surface area contributed by atoms with Crippen molar-refractivity contribution >= 4 is 28.4 Å². The lowest BCUT2D eigenvalue weighted by Gasteiger charge is -2.34. The molecular formula is C57H54N2. The van der Waals surface area contributed by atoms with Crippen molar-refractivity contribution in [3.8, 4) is 33.4 Å². The molecule has 0 heterocycles. The molecule has 0 bridgehead atoms. The van der Waals surface area contributed by atoms with Crippen LogP contribution in [0.25, 0.3) is 33.4 Å². The summed E-state index contributed by atoms with van der Waals surface area (Å²) in [7, 11) is 0. The highest BCUT2D eigenvalue weighted by Gasteiger charge is 2.38. The molecule has 0 N–H and O–H groups in total. The first-order valence-corrected chi connectivity index (χ1v) is 21.1. The quantitative estimate of drug-likeness (QED) is 0.152. The highest BCUT2D eigenvalue weighted by Crippen LogP contribution is 2.54. The molecule has 0 spiro atoms. The van der Waals surface area contributed by atoms with Gasteiger partial charge in [-0.2, -0.15) is 0 Å². The van der Waals surface area contributed by atoms with Crippen LogP contribution in [-0.2, 0) is 5.41 Å². The lowest BCUT2D eigenvalue weighted by Crippen LogP contribution is -2.30. The van der Waals surface area contributed by atoms with Gasteiger partial charge in [0, 0.05) is 33.9 Å². The van der Waals surface area contributed by atoms with Gasteiger partial charge in [0.15, 0.2) is 0 Å². The van der Waals surface area contributed by atoms with E-state index in [0.29, 0.717) is 0 Å². The SMILES string of the molecule is CC1=CCC(N(c2ccc(C)cc2)c2ccc(C)c(-c3cc(-c4cc(N(c5ccc(C)cc5)c5ccc(C)cc5)ccc4C)c4c(c3)-c3ccccc3C4(C)C)c2)C=C1. The molecule has 1 unspecified atom stereocenters. The third kappa shape index (κ3) is 7.01. The number of hydrogen-bond acceptors (Lipinski definition) is 2. The molecule has 0 aromatic heterocycles. The maximum atomic E-state index is 2.52. The standard InChI is InChI=1S/C57H54N2/c1-37-13-23-44(24-14-37)58(45-25-15-38(2)16-26-45)48-31-21-41(5)51(35-48)43-33-53-50-11-9-10-12-55(50)57(7,8)56(53)54(34-43)52-36-49(32-22-42(52)6)59(46-27-17-39(3)18-28-46)47-29-19-40(4)20-30-47/h9-25,27-36,45H,26H2,1-8H3. The molecule has 2 aliphatic carbocycles. The Kier molecular flexibility index (Phi) is 9.76. The van der Waals surface area contributed by atoms with E-state index >= 15 is 0 Å². The van der Waals surface area contributed by atoms with Gasteiger partial charge in [-0.1, -0.05) is 127 Å². The fourth-order valence-corrected chi connectivity index (χ4v) is 9.38. The first-order valence-electron chi connectivity index (χ1n) is 21.1. The van der Waals surface area contributed by atoms with Gasteiger partial charge >= 0.3 is 0 Å². The molecule has 0 saturated heterocycles. The lowest BCUT2D eigenvalue weighted by molar-refractivity contribution is 0.662. The summed E-state index contributed by atoms with van der Waals surface area (Å²) in [6, 6.07) is 55.1. The van der Waals surface area contributed by atoms with Crippen LogP contribution in [0.2, 0.25) is 0 Å². The molecule has 1 atom stereocenters. The summed E-state index contributed by atoms with van der Waals surface area (Å²) in [6.07, 6.45) is 7.97. The van der Waals surface area contributed by atoms with E-state index in [9.17, 15) is 0 Å². The maximum Gasteiger partial charge on any atom is 0.0560 e. The molecule has 7 aromatic rings. The molecular weight excluding hydrogens is 713 g/mol. The molecule has 2 aliphatic rings. The van der Waals surface area contributed by atoms with Gasteiger partial charge in [-0.3, -0.25) is 0 Å². The van der Waals surface area contributed by atoms with E-state index in [1.165, 1.54) is 89.3 Å². The van der Waals surface area contributed by atoms with Crippen LogP contribution in [0.4, 0.5) is 28.4 Å². The zero-order valence-electron chi connectivity index (χ0n) is 35.8. The Labute approximate surface area is 351 Å². The van der Waals surface area contributed by atoms with Gasteiger partial charge < -0.3 is 9.80 Å². The Morgan fingerprint density at radius 1 is 0.475 bits per heavy atom. The second-order valence-electron chi connectivity index (χ2n) is 17.4. The molecule has 7 aromatic carbocycles. The number of allylic oxidation sites excluding steroid dienone is 2. The van der Waals surface area contributed by atoms with Gasteiger partial charge in [0.2, 0.25) is 0 Å². The summed E-state index contributed by atoms with van der Waals surface area (Å²) in [5.74, 6) is 0. The first kappa shape index (κ1) is 38.2. The average Bonchev–Trinajstić information content (AvgIpc) is 3.47. The zero-order chi connectivity index (χ0) is 41.0. The van der Waals surface area contributed by atoms with Crippen LogP contribution in [0.1, 0.15) is 66.1 Å². The molecule has 0 fully saturated rings. The fourth-order valence-electron chi connectivity index (χ4n) is 9.38. The molecule has 292 valence electrons. The Hall–Kier alpha value is -6.38. The number of hydrogen-bond donors (Lipinski definition) is 0. The zero-order valence-corrected chi connectivity index (χ0v) is 35.8. The minimum atomic E-state index is -0.187. The summed E-state index contributed by atoms with van der Waals surface area (Å²) < 4.78 is 0. The molecule has 9 rings (SSSR count). The van der Waals surface area contributed by atoms with E-state index in [4.69, 9.17) is 0 Å². The van der Waals surface area contributed by atoms with E-state index in [0.717, 1.165) is 23.5 Å². The number of fused-ring (bicyclic) bond motifs is 3.